The van der Waals surface area contributed by atoms with Gasteiger partial charge in [-0.3, -0.25) is 0 Å². The van der Waals surface area contributed by atoms with Crippen LogP contribution in [0.25, 0.3) is 0 Å². The molecule has 4 nitrogen and oxygen atoms in total. The fourth-order valence-corrected chi connectivity index (χ4v) is 1.88. The Morgan fingerprint density at radius 2 is 1.90 bits per heavy atom. The fourth-order valence-electron chi connectivity index (χ4n) is 1.41. The Bertz CT molecular complexity index is 618. The van der Waals surface area contributed by atoms with Crippen LogP contribution in [0.4, 0.5) is 5.69 Å². The van der Waals surface area contributed by atoms with Crippen LogP contribution in [-0.2, 0) is 0 Å². The first-order valence-electron chi connectivity index (χ1n) is 5.59. The molecule has 1 aromatic carbocycles. The van der Waals surface area contributed by atoms with Gasteiger partial charge in [0.25, 0.3) is 0 Å². The topological polar surface area (TPSA) is 62.9 Å². The highest BCUT2D eigenvalue weighted by Crippen LogP contribution is 2.25. The number of nitriles is 2. The summed E-state index contributed by atoms with van der Waals surface area (Å²) in [6.45, 7) is 0. The molecule has 102 valence electrons. The second kappa shape index (κ2) is 7.45. The minimum Gasteiger partial charge on any atom is -0.376 e. The largest absolute Gasteiger partial charge is 0.376 e. The molecular formula is C14H12Cl2N4. The van der Waals surface area contributed by atoms with Crippen molar-refractivity contribution in [3.8, 4) is 12.1 Å². The zero-order chi connectivity index (χ0) is 15.1. The van der Waals surface area contributed by atoms with Crippen molar-refractivity contribution in [1.29, 1.82) is 10.5 Å². The van der Waals surface area contributed by atoms with Gasteiger partial charge in [-0.1, -0.05) is 23.2 Å². The van der Waals surface area contributed by atoms with Crippen LogP contribution >= 0.6 is 23.2 Å². The summed E-state index contributed by atoms with van der Waals surface area (Å²) < 4.78 is 0. The maximum atomic E-state index is 8.89. The van der Waals surface area contributed by atoms with E-state index >= 15 is 0 Å². The predicted molar refractivity (Wildman–Crippen MR) is 81.2 cm³/mol. The highest BCUT2D eigenvalue weighted by molar-refractivity contribution is 6.36. The molecule has 0 aromatic heterocycles. The summed E-state index contributed by atoms with van der Waals surface area (Å²) in [4.78, 5) is 1.68. The van der Waals surface area contributed by atoms with Gasteiger partial charge in [-0.25, -0.2) is 0 Å². The molecule has 0 saturated heterocycles. The van der Waals surface area contributed by atoms with Crippen LogP contribution < -0.4 is 5.32 Å². The van der Waals surface area contributed by atoms with Gasteiger partial charge in [0.15, 0.2) is 5.57 Å². The molecule has 0 radical (unpaired) electrons. The second-order valence-corrected chi connectivity index (χ2v) is 4.82. The molecule has 0 spiro atoms. The van der Waals surface area contributed by atoms with Gasteiger partial charge in [0.05, 0.1) is 16.4 Å². The molecule has 0 aliphatic rings. The Kier molecular flexibility index (Phi) is 5.93. The summed E-state index contributed by atoms with van der Waals surface area (Å²) in [6.07, 6.45) is 3.24. The Morgan fingerprint density at radius 1 is 1.25 bits per heavy atom. The molecule has 0 amide bonds. The molecule has 0 aliphatic heterocycles. The van der Waals surface area contributed by atoms with Crippen molar-refractivity contribution in [2.24, 2.45) is 0 Å². The second-order valence-electron chi connectivity index (χ2n) is 3.98. The van der Waals surface area contributed by atoms with Gasteiger partial charge in [-0.2, -0.15) is 10.5 Å². The minimum absolute atomic E-state index is 0.0373. The fraction of sp³-hybridized carbons (Fsp3) is 0.143. The molecule has 1 aromatic rings. The number of nitrogens with one attached hydrogen (secondary N) is 1. The zero-order valence-electron chi connectivity index (χ0n) is 11.0. The van der Waals surface area contributed by atoms with Gasteiger partial charge < -0.3 is 10.2 Å². The normalized spacial score (nSPS) is 9.70. The lowest BCUT2D eigenvalue weighted by molar-refractivity contribution is 0.527. The molecule has 1 rings (SSSR count). The van der Waals surface area contributed by atoms with Crippen molar-refractivity contribution in [2.75, 3.05) is 19.4 Å². The number of allylic oxidation sites excluding steroid dienone is 2. The van der Waals surface area contributed by atoms with Crippen molar-refractivity contribution >= 4 is 28.9 Å². The number of benzene rings is 1. The molecule has 0 aliphatic carbocycles. The smallest absolute Gasteiger partial charge is 0.152 e. The lowest BCUT2D eigenvalue weighted by Gasteiger charge is -2.13. The van der Waals surface area contributed by atoms with Gasteiger partial charge in [0.2, 0.25) is 0 Å². The van der Waals surface area contributed by atoms with E-state index in [1.807, 2.05) is 12.1 Å². The predicted octanol–water partition coefficient (Wildman–Crippen LogP) is 3.78. The van der Waals surface area contributed by atoms with E-state index in [0.717, 1.165) is 0 Å². The first kappa shape index (κ1) is 15.9. The summed E-state index contributed by atoms with van der Waals surface area (Å²) >= 11 is 11.8. The average Bonchev–Trinajstić information content (AvgIpc) is 2.40. The van der Waals surface area contributed by atoms with Crippen molar-refractivity contribution in [3.63, 3.8) is 0 Å². The number of nitrogens with zero attached hydrogens (tertiary/aromatic N) is 3. The quantitative estimate of drug-likeness (QED) is 0.679. The number of hydrogen-bond donors (Lipinski definition) is 1. The van der Waals surface area contributed by atoms with Crippen molar-refractivity contribution in [1.82, 2.24) is 4.90 Å². The summed E-state index contributed by atoms with van der Waals surface area (Å²) in [5, 5.41) is 21.8. The zero-order valence-corrected chi connectivity index (χ0v) is 12.5. The van der Waals surface area contributed by atoms with E-state index in [-0.39, 0.29) is 5.57 Å². The molecule has 20 heavy (non-hydrogen) atoms. The van der Waals surface area contributed by atoms with E-state index in [0.29, 0.717) is 21.4 Å². The molecule has 6 heteroatoms. The Hall–Kier alpha value is -2.14. The van der Waals surface area contributed by atoms with Crippen LogP contribution in [0, 0.1) is 22.7 Å². The van der Waals surface area contributed by atoms with Gasteiger partial charge in [0, 0.05) is 25.3 Å². The Morgan fingerprint density at radius 3 is 2.40 bits per heavy atom. The molecular weight excluding hydrogens is 295 g/mol. The SMILES string of the molecule is CN(C)C(/C=C/Nc1ccc(Cl)cc1Cl)=C(C#N)C#N. The standard InChI is InChI=1S/C14H12Cl2N4/c1-20(2)14(10(8-17)9-18)5-6-19-13-4-3-11(15)7-12(13)16/h3-7,19H,1-2H3/b6-5+. The number of anilines is 1. The molecule has 0 heterocycles. The van der Waals surface area contributed by atoms with E-state index < -0.39 is 0 Å². The van der Waals surface area contributed by atoms with Crippen molar-refractivity contribution < 1.29 is 0 Å². The number of hydrogen-bond acceptors (Lipinski definition) is 4. The Labute approximate surface area is 128 Å². The van der Waals surface area contributed by atoms with Gasteiger partial charge >= 0.3 is 0 Å². The summed E-state index contributed by atoms with van der Waals surface area (Å²) in [6, 6.07) is 8.78. The monoisotopic (exact) mass is 306 g/mol. The minimum atomic E-state index is 0.0373. The van der Waals surface area contributed by atoms with Crippen LogP contribution in [0.3, 0.4) is 0 Å². The third-order valence-corrected chi connectivity index (χ3v) is 2.92. The van der Waals surface area contributed by atoms with Gasteiger partial charge in [-0.15, -0.1) is 0 Å². The lowest BCUT2D eigenvalue weighted by atomic mass is 10.2. The average molecular weight is 307 g/mol. The molecule has 0 bridgehead atoms. The summed E-state index contributed by atoms with van der Waals surface area (Å²) in [5.74, 6) is 0. The van der Waals surface area contributed by atoms with Gasteiger partial charge in [0.1, 0.15) is 12.1 Å². The van der Waals surface area contributed by atoms with Crippen LogP contribution in [0.15, 0.2) is 41.7 Å². The molecule has 0 fully saturated rings. The molecule has 0 unspecified atom stereocenters. The first-order valence-corrected chi connectivity index (χ1v) is 6.35. The van der Waals surface area contributed by atoms with Crippen LogP contribution in [0.1, 0.15) is 0 Å². The van der Waals surface area contributed by atoms with Crippen LogP contribution in [0.5, 0.6) is 0 Å². The van der Waals surface area contributed by atoms with E-state index in [9.17, 15) is 0 Å². The number of likely N-dealkylation sites (N-methyl/N-ethyl adjacent to an activating group) is 1. The van der Waals surface area contributed by atoms with Gasteiger partial charge in [-0.05, 0) is 24.3 Å². The third kappa shape index (κ3) is 4.20. The maximum absolute atomic E-state index is 8.89. The van der Waals surface area contributed by atoms with E-state index in [1.54, 1.807) is 49.5 Å². The summed E-state index contributed by atoms with van der Waals surface area (Å²) in [5.41, 5.74) is 1.23. The first-order chi connectivity index (χ1) is 9.49. The van der Waals surface area contributed by atoms with E-state index in [1.165, 1.54) is 0 Å². The van der Waals surface area contributed by atoms with Crippen molar-refractivity contribution in [3.05, 3.63) is 51.8 Å². The highest BCUT2D eigenvalue weighted by Gasteiger charge is 2.05. The van der Waals surface area contributed by atoms with E-state index in [4.69, 9.17) is 33.7 Å². The maximum Gasteiger partial charge on any atom is 0.152 e. The lowest BCUT2D eigenvalue weighted by Crippen LogP contribution is -2.11. The molecule has 0 saturated carbocycles. The van der Waals surface area contributed by atoms with Crippen molar-refractivity contribution in [2.45, 2.75) is 0 Å². The third-order valence-electron chi connectivity index (χ3n) is 2.37. The number of halogens is 2. The molecule has 1 N–H and O–H groups in total. The number of rotatable bonds is 4. The summed E-state index contributed by atoms with van der Waals surface area (Å²) in [7, 11) is 3.51. The Balaban J connectivity index is 2.95. The van der Waals surface area contributed by atoms with Crippen LogP contribution in [0.2, 0.25) is 10.0 Å². The highest BCUT2D eigenvalue weighted by atomic mass is 35.5. The molecule has 0 atom stereocenters. The van der Waals surface area contributed by atoms with E-state index in [2.05, 4.69) is 5.32 Å². The van der Waals surface area contributed by atoms with Crippen LogP contribution in [-0.4, -0.2) is 19.0 Å².